The zero-order valence-corrected chi connectivity index (χ0v) is 12.4. The van der Waals surface area contributed by atoms with Gasteiger partial charge in [-0.15, -0.1) is 0 Å². The first-order valence-electron chi connectivity index (χ1n) is 4.71. The van der Waals surface area contributed by atoms with E-state index in [-0.39, 0.29) is 20.7 Å². The van der Waals surface area contributed by atoms with E-state index in [9.17, 15) is 13.2 Å². The monoisotopic (exact) mass is 354 g/mol. The van der Waals surface area contributed by atoms with E-state index in [0.29, 0.717) is 11.5 Å². The lowest BCUT2D eigenvalue weighted by molar-refractivity contribution is 0.0697. The number of carboxylic acids is 1. The summed E-state index contributed by atoms with van der Waals surface area (Å²) in [5, 5.41) is 15.1. The number of hydrogen-bond donors (Lipinski definition) is 2. The third-order valence-electron chi connectivity index (χ3n) is 2.06. The second kappa shape index (κ2) is 5.48. The molecule has 0 aliphatic heterocycles. The number of nitrogens with zero attached hydrogens (tertiary/aromatic N) is 3. The lowest BCUT2D eigenvalue weighted by atomic mass is 10.2. The average molecular weight is 355 g/mol. The smallest absolute Gasteiger partial charge is 0.337 e. The van der Waals surface area contributed by atoms with Gasteiger partial charge in [0.15, 0.2) is 0 Å². The molecule has 8 nitrogen and oxygen atoms in total. The molecular formula is C8H4Cl2N4O4S2. The molecule has 0 unspecified atom stereocenters. The SMILES string of the molecule is O=C(O)c1cc(S(=O)(=O)Nc2nnns2)c(Cl)cc1Cl. The first-order valence-corrected chi connectivity index (χ1v) is 7.72. The second-order valence-electron chi connectivity index (χ2n) is 3.34. The van der Waals surface area contributed by atoms with Crippen molar-refractivity contribution in [2.45, 2.75) is 4.90 Å². The molecule has 0 bridgehead atoms. The van der Waals surface area contributed by atoms with Crippen LogP contribution in [0.25, 0.3) is 0 Å². The van der Waals surface area contributed by atoms with Gasteiger partial charge in [0.25, 0.3) is 10.0 Å². The van der Waals surface area contributed by atoms with Crippen molar-refractivity contribution in [3.05, 3.63) is 27.7 Å². The molecule has 2 N–H and O–H groups in total. The van der Waals surface area contributed by atoms with Crippen molar-refractivity contribution in [3.63, 3.8) is 0 Å². The highest BCUT2D eigenvalue weighted by molar-refractivity contribution is 7.93. The Morgan fingerprint density at radius 1 is 1.30 bits per heavy atom. The van der Waals surface area contributed by atoms with Gasteiger partial charge in [-0.2, -0.15) is 0 Å². The number of aromatic carboxylic acids is 1. The van der Waals surface area contributed by atoms with Gasteiger partial charge < -0.3 is 5.11 Å². The van der Waals surface area contributed by atoms with Gasteiger partial charge in [0, 0.05) is 11.5 Å². The Morgan fingerprint density at radius 3 is 2.55 bits per heavy atom. The van der Waals surface area contributed by atoms with E-state index in [4.69, 9.17) is 28.3 Å². The predicted molar refractivity (Wildman–Crippen MR) is 71.9 cm³/mol. The summed E-state index contributed by atoms with van der Waals surface area (Å²) >= 11 is 12.2. The van der Waals surface area contributed by atoms with Crippen LogP contribution in [0.5, 0.6) is 0 Å². The fourth-order valence-corrected chi connectivity index (χ4v) is 3.68. The van der Waals surface area contributed by atoms with Crippen molar-refractivity contribution in [1.82, 2.24) is 14.8 Å². The van der Waals surface area contributed by atoms with Crippen LogP contribution in [0.15, 0.2) is 17.0 Å². The number of aromatic nitrogens is 3. The van der Waals surface area contributed by atoms with Crippen molar-refractivity contribution < 1.29 is 18.3 Å². The molecule has 0 fully saturated rings. The average Bonchev–Trinajstić information content (AvgIpc) is 2.79. The minimum atomic E-state index is -4.12. The van der Waals surface area contributed by atoms with Crippen LogP contribution in [-0.4, -0.2) is 34.3 Å². The molecule has 106 valence electrons. The quantitative estimate of drug-likeness (QED) is 0.856. The molecule has 1 aromatic heterocycles. The van der Waals surface area contributed by atoms with Crippen LogP contribution in [0.3, 0.4) is 0 Å². The maximum absolute atomic E-state index is 12.1. The number of hydrogen-bond acceptors (Lipinski definition) is 7. The van der Waals surface area contributed by atoms with Crippen molar-refractivity contribution in [2.24, 2.45) is 0 Å². The first-order chi connectivity index (χ1) is 9.31. The number of benzene rings is 1. The number of nitrogens with one attached hydrogen (secondary N) is 1. The third kappa shape index (κ3) is 2.98. The summed E-state index contributed by atoms with van der Waals surface area (Å²) in [5.74, 6) is -1.37. The molecule has 0 atom stereocenters. The summed E-state index contributed by atoms with van der Waals surface area (Å²) in [5.41, 5.74) is -0.383. The highest BCUT2D eigenvalue weighted by Gasteiger charge is 2.23. The van der Waals surface area contributed by atoms with E-state index in [0.717, 1.165) is 12.1 Å². The summed E-state index contributed by atoms with van der Waals surface area (Å²) in [6, 6.07) is 1.91. The van der Waals surface area contributed by atoms with E-state index < -0.39 is 20.9 Å². The Balaban J connectivity index is 2.51. The van der Waals surface area contributed by atoms with Gasteiger partial charge in [-0.3, -0.25) is 4.72 Å². The van der Waals surface area contributed by atoms with E-state index in [2.05, 4.69) is 19.5 Å². The standard InChI is InChI=1S/C8H4Cl2N4O4S2/c9-4-2-5(10)6(1-3(4)7(15)16)20(17,18)12-8-11-13-14-19-8/h1-2H,(H,15,16)(H,11,12,14). The van der Waals surface area contributed by atoms with Crippen molar-refractivity contribution in [3.8, 4) is 0 Å². The molecule has 0 spiro atoms. The van der Waals surface area contributed by atoms with Crippen LogP contribution in [0.4, 0.5) is 5.13 Å². The van der Waals surface area contributed by atoms with Gasteiger partial charge in [-0.25, -0.2) is 13.2 Å². The molecule has 2 aromatic rings. The Bertz CT molecular complexity index is 763. The molecule has 1 heterocycles. The fourth-order valence-electron chi connectivity index (χ4n) is 1.24. The molecular weight excluding hydrogens is 351 g/mol. The van der Waals surface area contributed by atoms with Crippen LogP contribution in [-0.2, 0) is 10.0 Å². The minimum absolute atomic E-state index is 0.0760. The van der Waals surface area contributed by atoms with E-state index in [1.165, 1.54) is 0 Å². The van der Waals surface area contributed by atoms with Crippen LogP contribution in [0.1, 0.15) is 10.4 Å². The maximum atomic E-state index is 12.1. The summed E-state index contributed by atoms with van der Waals surface area (Å²) in [6.07, 6.45) is 0. The molecule has 0 saturated heterocycles. The Kier molecular flexibility index (Phi) is 4.09. The molecule has 0 aliphatic rings. The molecule has 0 aliphatic carbocycles. The van der Waals surface area contributed by atoms with E-state index in [1.807, 2.05) is 0 Å². The van der Waals surface area contributed by atoms with Gasteiger partial charge in [0.1, 0.15) is 4.90 Å². The maximum Gasteiger partial charge on any atom is 0.337 e. The van der Waals surface area contributed by atoms with Crippen molar-refractivity contribution in [1.29, 1.82) is 0 Å². The molecule has 12 heteroatoms. The highest BCUT2D eigenvalue weighted by Crippen LogP contribution is 2.30. The van der Waals surface area contributed by atoms with Gasteiger partial charge in [-0.05, 0) is 17.3 Å². The van der Waals surface area contributed by atoms with E-state index in [1.54, 1.807) is 0 Å². The van der Waals surface area contributed by atoms with Crippen LogP contribution < -0.4 is 4.72 Å². The van der Waals surface area contributed by atoms with Gasteiger partial charge in [0.05, 0.1) is 15.6 Å². The van der Waals surface area contributed by atoms with Gasteiger partial charge in [-0.1, -0.05) is 32.8 Å². The molecule has 2 rings (SSSR count). The molecule has 20 heavy (non-hydrogen) atoms. The topological polar surface area (TPSA) is 122 Å². The largest absolute Gasteiger partial charge is 0.478 e. The normalized spacial score (nSPS) is 11.3. The minimum Gasteiger partial charge on any atom is -0.478 e. The number of halogens is 2. The summed E-state index contributed by atoms with van der Waals surface area (Å²) in [7, 11) is -4.12. The van der Waals surface area contributed by atoms with E-state index >= 15 is 0 Å². The number of rotatable bonds is 4. The Morgan fingerprint density at radius 2 is 2.00 bits per heavy atom. The first kappa shape index (κ1) is 14.9. The molecule has 1 aromatic carbocycles. The van der Waals surface area contributed by atoms with Crippen LogP contribution in [0.2, 0.25) is 10.0 Å². The summed E-state index contributed by atoms with van der Waals surface area (Å²) in [6.45, 7) is 0. The number of anilines is 1. The van der Waals surface area contributed by atoms with Gasteiger partial charge in [0.2, 0.25) is 5.13 Å². The van der Waals surface area contributed by atoms with Crippen LogP contribution >= 0.6 is 34.7 Å². The molecule has 0 radical (unpaired) electrons. The molecule has 0 amide bonds. The predicted octanol–water partition coefficient (Wildman–Crippen LogP) is 1.74. The lowest BCUT2D eigenvalue weighted by Gasteiger charge is -2.08. The van der Waals surface area contributed by atoms with Crippen molar-refractivity contribution >= 4 is 55.9 Å². The zero-order valence-electron chi connectivity index (χ0n) is 9.24. The lowest BCUT2D eigenvalue weighted by Crippen LogP contribution is -2.14. The number of sulfonamides is 1. The third-order valence-corrected chi connectivity index (χ3v) is 4.82. The Hall–Kier alpha value is -1.49. The second-order valence-corrected chi connectivity index (χ2v) is 6.54. The Labute approximate surface area is 126 Å². The molecule has 0 saturated carbocycles. The number of carboxylic acid groups (broad SMARTS) is 1. The summed E-state index contributed by atoms with van der Waals surface area (Å²) in [4.78, 5) is 10.5. The fraction of sp³-hybridized carbons (Fsp3) is 0. The van der Waals surface area contributed by atoms with Gasteiger partial charge >= 0.3 is 5.97 Å². The summed E-state index contributed by atoms with van der Waals surface area (Å²) < 4.78 is 29.6. The zero-order chi connectivity index (χ0) is 14.9. The highest BCUT2D eigenvalue weighted by atomic mass is 35.5. The number of carbonyl (C=O) groups is 1. The van der Waals surface area contributed by atoms with Crippen molar-refractivity contribution in [2.75, 3.05) is 4.72 Å². The van der Waals surface area contributed by atoms with Crippen LogP contribution in [0, 0.1) is 0 Å².